The van der Waals surface area contributed by atoms with E-state index in [9.17, 15) is 13.6 Å². The van der Waals surface area contributed by atoms with E-state index in [4.69, 9.17) is 5.11 Å². The van der Waals surface area contributed by atoms with Gasteiger partial charge in [-0.2, -0.15) is 0 Å². The van der Waals surface area contributed by atoms with Crippen LogP contribution in [0.2, 0.25) is 0 Å². The third-order valence-electron chi connectivity index (χ3n) is 3.01. The van der Waals surface area contributed by atoms with Gasteiger partial charge in [-0.05, 0) is 24.5 Å². The normalized spacial score (nSPS) is 14.6. The average Bonchev–Trinajstić information content (AvgIpc) is 3.13. The van der Waals surface area contributed by atoms with E-state index in [-0.39, 0.29) is 37.1 Å². The second-order valence-corrected chi connectivity index (χ2v) is 4.45. The first-order valence-corrected chi connectivity index (χ1v) is 5.96. The molecule has 0 heterocycles. The molecule has 0 bridgehead atoms. The number of nitrogens with zero attached hydrogens (tertiary/aromatic N) is 1. The number of hydrogen-bond donors (Lipinski definition) is 1. The molecular formula is C13H15F2NO2. The first kappa shape index (κ1) is 13.0. The van der Waals surface area contributed by atoms with E-state index in [1.54, 1.807) is 4.90 Å². The zero-order valence-electron chi connectivity index (χ0n) is 9.90. The number of rotatable bonds is 5. The van der Waals surface area contributed by atoms with Crippen LogP contribution in [0.15, 0.2) is 18.2 Å². The van der Waals surface area contributed by atoms with Gasteiger partial charge in [0.25, 0.3) is 0 Å². The molecule has 1 saturated carbocycles. The van der Waals surface area contributed by atoms with Crippen LogP contribution in [0.5, 0.6) is 0 Å². The van der Waals surface area contributed by atoms with Crippen molar-refractivity contribution in [2.45, 2.75) is 25.3 Å². The lowest BCUT2D eigenvalue weighted by atomic mass is 10.1. The summed E-state index contributed by atoms with van der Waals surface area (Å²) in [7, 11) is 0. The van der Waals surface area contributed by atoms with Gasteiger partial charge in [-0.1, -0.05) is 6.07 Å². The zero-order valence-corrected chi connectivity index (χ0v) is 9.90. The SMILES string of the molecule is O=C(Cc1ccc(F)cc1F)N(CCO)C1CC1. The number of aliphatic hydroxyl groups excluding tert-OH is 1. The van der Waals surface area contributed by atoms with Crippen LogP contribution in [0.25, 0.3) is 0 Å². The molecule has 0 radical (unpaired) electrons. The molecule has 3 nitrogen and oxygen atoms in total. The maximum Gasteiger partial charge on any atom is 0.227 e. The molecule has 5 heteroatoms. The first-order valence-electron chi connectivity index (χ1n) is 5.96. The van der Waals surface area contributed by atoms with E-state index in [1.807, 2.05) is 0 Å². The van der Waals surface area contributed by atoms with Gasteiger partial charge in [0.15, 0.2) is 0 Å². The van der Waals surface area contributed by atoms with Crippen LogP contribution in [0.4, 0.5) is 8.78 Å². The van der Waals surface area contributed by atoms with Gasteiger partial charge >= 0.3 is 0 Å². The Morgan fingerprint density at radius 2 is 2.11 bits per heavy atom. The van der Waals surface area contributed by atoms with Crippen molar-refractivity contribution < 1.29 is 18.7 Å². The van der Waals surface area contributed by atoms with Gasteiger partial charge in [-0.3, -0.25) is 4.79 Å². The Hall–Kier alpha value is -1.49. The molecule has 1 amide bonds. The maximum atomic E-state index is 13.4. The number of benzene rings is 1. The number of aliphatic hydroxyl groups is 1. The molecule has 0 saturated heterocycles. The van der Waals surface area contributed by atoms with Crippen LogP contribution < -0.4 is 0 Å². The highest BCUT2D eigenvalue weighted by atomic mass is 19.1. The molecule has 1 N–H and O–H groups in total. The van der Waals surface area contributed by atoms with E-state index in [0.717, 1.165) is 25.0 Å². The predicted molar refractivity (Wildman–Crippen MR) is 61.9 cm³/mol. The van der Waals surface area contributed by atoms with Crippen LogP contribution in [0.3, 0.4) is 0 Å². The third-order valence-corrected chi connectivity index (χ3v) is 3.01. The highest BCUT2D eigenvalue weighted by Gasteiger charge is 2.32. The lowest BCUT2D eigenvalue weighted by Crippen LogP contribution is -2.36. The molecule has 98 valence electrons. The summed E-state index contributed by atoms with van der Waals surface area (Å²) in [5.74, 6) is -1.58. The molecule has 0 spiro atoms. The van der Waals surface area contributed by atoms with Crippen molar-refractivity contribution in [1.82, 2.24) is 4.90 Å². The predicted octanol–water partition coefficient (Wildman–Crippen LogP) is 1.49. The van der Waals surface area contributed by atoms with Crippen molar-refractivity contribution >= 4 is 5.91 Å². The molecule has 18 heavy (non-hydrogen) atoms. The molecule has 1 aromatic carbocycles. The summed E-state index contributed by atoms with van der Waals surface area (Å²) >= 11 is 0. The lowest BCUT2D eigenvalue weighted by molar-refractivity contribution is -0.131. The fourth-order valence-electron chi connectivity index (χ4n) is 1.93. The van der Waals surface area contributed by atoms with E-state index in [2.05, 4.69) is 0 Å². The Morgan fingerprint density at radius 1 is 1.39 bits per heavy atom. The largest absolute Gasteiger partial charge is 0.395 e. The molecule has 0 unspecified atom stereocenters. The molecule has 1 aliphatic carbocycles. The maximum absolute atomic E-state index is 13.4. The Bertz CT molecular complexity index is 447. The minimum absolute atomic E-state index is 0.0946. The molecule has 2 rings (SSSR count). The number of amides is 1. The van der Waals surface area contributed by atoms with Crippen LogP contribution in [-0.4, -0.2) is 35.1 Å². The second-order valence-electron chi connectivity index (χ2n) is 4.45. The Morgan fingerprint density at radius 3 is 2.67 bits per heavy atom. The van der Waals surface area contributed by atoms with Gasteiger partial charge in [-0.15, -0.1) is 0 Å². The summed E-state index contributed by atoms with van der Waals surface area (Å²) in [6.45, 7) is 0.167. The zero-order chi connectivity index (χ0) is 13.1. The summed E-state index contributed by atoms with van der Waals surface area (Å²) in [6.07, 6.45) is 1.76. The molecule has 0 aliphatic heterocycles. The van der Waals surface area contributed by atoms with Gasteiger partial charge in [0.1, 0.15) is 11.6 Å². The van der Waals surface area contributed by atoms with Crippen LogP contribution in [0, 0.1) is 11.6 Å². The van der Waals surface area contributed by atoms with Crippen molar-refractivity contribution in [1.29, 1.82) is 0 Å². The van der Waals surface area contributed by atoms with Crippen LogP contribution in [0.1, 0.15) is 18.4 Å². The monoisotopic (exact) mass is 255 g/mol. The van der Waals surface area contributed by atoms with Crippen molar-refractivity contribution in [2.24, 2.45) is 0 Å². The minimum atomic E-state index is -0.705. The molecule has 0 atom stereocenters. The van der Waals surface area contributed by atoms with E-state index < -0.39 is 11.6 Å². The summed E-state index contributed by atoms with van der Waals surface area (Å²) in [4.78, 5) is 13.5. The number of carbonyl (C=O) groups excluding carboxylic acids is 1. The van der Waals surface area contributed by atoms with Crippen molar-refractivity contribution in [3.8, 4) is 0 Å². The first-order chi connectivity index (χ1) is 8.61. The number of hydrogen-bond acceptors (Lipinski definition) is 2. The fourth-order valence-corrected chi connectivity index (χ4v) is 1.93. The second kappa shape index (κ2) is 5.44. The minimum Gasteiger partial charge on any atom is -0.395 e. The Kier molecular flexibility index (Phi) is 3.91. The fraction of sp³-hybridized carbons (Fsp3) is 0.462. The Labute approximate surface area is 104 Å². The van der Waals surface area contributed by atoms with Crippen LogP contribution >= 0.6 is 0 Å². The quantitative estimate of drug-likeness (QED) is 0.866. The summed E-state index contributed by atoms with van der Waals surface area (Å²) < 4.78 is 26.2. The Balaban J connectivity index is 2.05. The lowest BCUT2D eigenvalue weighted by Gasteiger charge is -2.21. The highest BCUT2D eigenvalue weighted by molar-refractivity contribution is 5.79. The van der Waals surface area contributed by atoms with E-state index in [0.29, 0.717) is 0 Å². The standard InChI is InChI=1S/C13H15F2NO2/c14-10-2-1-9(12(15)8-10)7-13(18)16(5-6-17)11-3-4-11/h1-2,8,11,17H,3-7H2. The van der Waals surface area contributed by atoms with Crippen LogP contribution in [-0.2, 0) is 11.2 Å². The van der Waals surface area contributed by atoms with E-state index >= 15 is 0 Å². The number of carbonyl (C=O) groups is 1. The van der Waals surface area contributed by atoms with Crippen molar-refractivity contribution in [3.63, 3.8) is 0 Å². The van der Waals surface area contributed by atoms with Crippen molar-refractivity contribution in [2.75, 3.05) is 13.2 Å². The van der Waals surface area contributed by atoms with Gasteiger partial charge in [-0.25, -0.2) is 8.78 Å². The van der Waals surface area contributed by atoms with Gasteiger partial charge in [0.05, 0.1) is 13.0 Å². The average molecular weight is 255 g/mol. The van der Waals surface area contributed by atoms with Gasteiger partial charge in [0.2, 0.25) is 5.91 Å². The third kappa shape index (κ3) is 3.04. The highest BCUT2D eigenvalue weighted by Crippen LogP contribution is 2.27. The summed E-state index contributed by atoms with van der Waals surface area (Å²) in [5, 5.41) is 8.90. The molecule has 0 aromatic heterocycles. The number of halogens is 2. The van der Waals surface area contributed by atoms with Gasteiger partial charge < -0.3 is 10.0 Å². The molecular weight excluding hydrogens is 240 g/mol. The smallest absolute Gasteiger partial charge is 0.227 e. The van der Waals surface area contributed by atoms with Crippen molar-refractivity contribution in [3.05, 3.63) is 35.4 Å². The van der Waals surface area contributed by atoms with E-state index in [1.165, 1.54) is 6.07 Å². The molecule has 1 aliphatic rings. The summed E-state index contributed by atoms with van der Waals surface area (Å²) in [5.41, 5.74) is 0.185. The van der Waals surface area contributed by atoms with Gasteiger partial charge in [0, 0.05) is 18.7 Å². The molecule has 1 aromatic rings. The topological polar surface area (TPSA) is 40.5 Å². The summed E-state index contributed by atoms with van der Waals surface area (Å²) in [6, 6.07) is 3.37. The molecule has 1 fully saturated rings.